The molecule has 0 saturated carbocycles. The third-order valence-electron chi connectivity index (χ3n) is 3.43. The number of ether oxygens (including phenoxy) is 1. The maximum absolute atomic E-state index is 11.9. The predicted molar refractivity (Wildman–Crippen MR) is 101 cm³/mol. The fourth-order valence-electron chi connectivity index (χ4n) is 2.11. The van der Waals surface area contributed by atoms with Gasteiger partial charge in [-0.25, -0.2) is 0 Å². The molecule has 1 N–H and O–H groups in total. The molecule has 0 unspecified atom stereocenters. The van der Waals surface area contributed by atoms with Gasteiger partial charge in [0.2, 0.25) is 5.82 Å². The highest BCUT2D eigenvalue weighted by Gasteiger charge is 2.14. The van der Waals surface area contributed by atoms with Crippen LogP contribution in [-0.2, 0) is 16.1 Å². The van der Waals surface area contributed by atoms with Gasteiger partial charge in [0.1, 0.15) is 6.54 Å². The second kappa shape index (κ2) is 8.79. The normalized spacial score (nSPS) is 10.4. The van der Waals surface area contributed by atoms with Crippen LogP contribution in [0.4, 0.5) is 0 Å². The van der Waals surface area contributed by atoms with Crippen LogP contribution in [0.25, 0.3) is 11.5 Å². The highest BCUT2D eigenvalue weighted by Crippen LogP contribution is 2.25. The third kappa shape index (κ3) is 5.15. The van der Waals surface area contributed by atoms with Crippen LogP contribution in [0.5, 0.6) is 0 Å². The van der Waals surface area contributed by atoms with Crippen LogP contribution in [0.3, 0.4) is 0 Å². The molecule has 1 amide bonds. The number of esters is 1. The van der Waals surface area contributed by atoms with E-state index >= 15 is 0 Å². The van der Waals surface area contributed by atoms with E-state index in [4.69, 9.17) is 20.9 Å². The summed E-state index contributed by atoms with van der Waals surface area (Å²) in [5.41, 5.74) is 1.03. The molecule has 0 aliphatic rings. The lowest BCUT2D eigenvalue weighted by atomic mass is 10.2. The Labute approximate surface area is 167 Å². The molecule has 3 rings (SSSR count). The number of nitrogens with zero attached hydrogens (tertiary/aromatic N) is 2. The number of aromatic nitrogens is 2. The Bertz CT molecular complexity index is 959. The van der Waals surface area contributed by atoms with Crippen molar-refractivity contribution in [3.05, 3.63) is 69.4 Å². The maximum atomic E-state index is 11.9. The number of rotatable bonds is 6. The average Bonchev–Trinajstić information content (AvgIpc) is 3.14. The molecule has 3 aromatic rings. The van der Waals surface area contributed by atoms with E-state index in [2.05, 4.69) is 31.4 Å². The first-order valence-electron chi connectivity index (χ1n) is 7.80. The van der Waals surface area contributed by atoms with Gasteiger partial charge >= 0.3 is 5.97 Å². The van der Waals surface area contributed by atoms with E-state index in [9.17, 15) is 9.59 Å². The first-order valence-corrected chi connectivity index (χ1v) is 8.97. The van der Waals surface area contributed by atoms with Crippen LogP contribution >= 0.6 is 27.5 Å². The Hall–Kier alpha value is -2.71. The maximum Gasteiger partial charge on any atom is 0.325 e. The quantitative estimate of drug-likeness (QED) is 0.576. The minimum absolute atomic E-state index is 0.180. The van der Waals surface area contributed by atoms with E-state index in [1.807, 2.05) is 0 Å². The molecule has 9 heteroatoms. The topological polar surface area (TPSA) is 94.3 Å². The Balaban J connectivity index is 1.49. The molecule has 138 valence electrons. The minimum Gasteiger partial charge on any atom is -0.456 e. The van der Waals surface area contributed by atoms with Gasteiger partial charge in [-0.1, -0.05) is 44.8 Å². The number of benzene rings is 2. The van der Waals surface area contributed by atoms with Crippen LogP contribution in [0.2, 0.25) is 5.02 Å². The van der Waals surface area contributed by atoms with Gasteiger partial charge in [0, 0.05) is 10.0 Å². The van der Waals surface area contributed by atoms with Crippen LogP contribution in [0.1, 0.15) is 16.2 Å². The molecule has 0 fully saturated rings. The number of carbonyl (C=O) groups excluding carboxylic acids is 2. The minimum atomic E-state index is -0.621. The summed E-state index contributed by atoms with van der Waals surface area (Å²) in [6, 6.07) is 13.8. The second-order valence-corrected chi connectivity index (χ2v) is 6.67. The van der Waals surface area contributed by atoms with Crippen molar-refractivity contribution in [2.45, 2.75) is 6.61 Å². The van der Waals surface area contributed by atoms with Gasteiger partial charge in [-0.3, -0.25) is 9.59 Å². The van der Waals surface area contributed by atoms with Crippen molar-refractivity contribution in [1.29, 1.82) is 0 Å². The summed E-state index contributed by atoms with van der Waals surface area (Å²) in [6.45, 7) is -0.453. The van der Waals surface area contributed by atoms with E-state index in [1.165, 1.54) is 0 Å². The molecular formula is C18H13BrClN3O4. The molecule has 1 aromatic heterocycles. The van der Waals surface area contributed by atoms with E-state index in [1.54, 1.807) is 48.5 Å². The summed E-state index contributed by atoms with van der Waals surface area (Å²) in [7, 11) is 0. The molecule has 1 heterocycles. The summed E-state index contributed by atoms with van der Waals surface area (Å²) in [5.74, 6) is -0.572. The van der Waals surface area contributed by atoms with E-state index in [0.29, 0.717) is 16.1 Å². The third-order valence-corrected chi connectivity index (χ3v) is 4.29. The summed E-state index contributed by atoms with van der Waals surface area (Å²) in [4.78, 5) is 27.9. The lowest BCUT2D eigenvalue weighted by molar-refractivity contribution is -0.143. The van der Waals surface area contributed by atoms with Gasteiger partial charge in [0.05, 0.1) is 10.6 Å². The SMILES string of the molecule is O=C(CNC(=O)c1ccc(Br)cc1)OCc1noc(-c2ccccc2Cl)n1. The van der Waals surface area contributed by atoms with E-state index < -0.39 is 5.97 Å². The fraction of sp³-hybridized carbons (Fsp3) is 0.111. The highest BCUT2D eigenvalue weighted by atomic mass is 79.9. The molecular weight excluding hydrogens is 438 g/mol. The molecule has 0 spiro atoms. The monoisotopic (exact) mass is 449 g/mol. The van der Waals surface area contributed by atoms with Gasteiger partial charge in [-0.15, -0.1) is 0 Å². The first kappa shape index (κ1) is 19.1. The van der Waals surface area contributed by atoms with Crippen molar-refractivity contribution in [1.82, 2.24) is 15.5 Å². The first-order chi connectivity index (χ1) is 13.0. The molecule has 0 aliphatic carbocycles. The molecule has 0 bridgehead atoms. The number of halogens is 2. The lowest BCUT2D eigenvalue weighted by Crippen LogP contribution is -2.30. The Kier molecular flexibility index (Phi) is 6.20. The number of hydrogen-bond acceptors (Lipinski definition) is 6. The van der Waals surface area contributed by atoms with Gasteiger partial charge in [0.15, 0.2) is 6.61 Å². The number of amides is 1. The predicted octanol–water partition coefficient (Wildman–Crippen LogP) is 3.63. The zero-order valence-electron chi connectivity index (χ0n) is 13.8. The van der Waals surface area contributed by atoms with E-state index in [-0.39, 0.29) is 30.8 Å². The largest absolute Gasteiger partial charge is 0.456 e. The molecule has 0 saturated heterocycles. The van der Waals surface area contributed by atoms with Gasteiger partial charge in [-0.05, 0) is 36.4 Å². The standard InChI is InChI=1S/C18H13BrClN3O4/c19-12-7-5-11(6-8-12)17(25)21-9-16(24)26-10-15-22-18(27-23-15)13-3-1-2-4-14(13)20/h1-8H,9-10H2,(H,21,25). The molecule has 0 radical (unpaired) electrons. The average molecular weight is 451 g/mol. The summed E-state index contributed by atoms with van der Waals surface area (Å²) in [5, 5.41) is 6.70. The van der Waals surface area contributed by atoms with Crippen molar-refractivity contribution < 1.29 is 18.8 Å². The zero-order chi connectivity index (χ0) is 19.2. The van der Waals surface area contributed by atoms with Gasteiger partial charge < -0.3 is 14.6 Å². The van der Waals surface area contributed by atoms with E-state index in [0.717, 1.165) is 4.47 Å². The molecule has 27 heavy (non-hydrogen) atoms. The van der Waals surface area contributed by atoms with Crippen molar-refractivity contribution in [2.75, 3.05) is 6.54 Å². The highest BCUT2D eigenvalue weighted by molar-refractivity contribution is 9.10. The van der Waals surface area contributed by atoms with Crippen molar-refractivity contribution in [2.24, 2.45) is 0 Å². The number of hydrogen-bond donors (Lipinski definition) is 1. The summed E-state index contributed by atoms with van der Waals surface area (Å²) >= 11 is 9.36. The molecule has 0 aliphatic heterocycles. The zero-order valence-corrected chi connectivity index (χ0v) is 16.2. The Morgan fingerprint density at radius 2 is 1.89 bits per heavy atom. The molecule has 7 nitrogen and oxygen atoms in total. The summed E-state index contributed by atoms with van der Waals surface area (Å²) in [6.07, 6.45) is 0. The van der Waals surface area contributed by atoms with Gasteiger partial charge in [-0.2, -0.15) is 4.98 Å². The van der Waals surface area contributed by atoms with Crippen LogP contribution in [0.15, 0.2) is 57.5 Å². The fourth-order valence-corrected chi connectivity index (χ4v) is 2.59. The van der Waals surface area contributed by atoms with Crippen molar-refractivity contribution >= 4 is 39.4 Å². The number of nitrogens with one attached hydrogen (secondary N) is 1. The van der Waals surface area contributed by atoms with Crippen molar-refractivity contribution in [3.8, 4) is 11.5 Å². The van der Waals surface area contributed by atoms with Crippen LogP contribution in [-0.4, -0.2) is 28.6 Å². The van der Waals surface area contributed by atoms with Crippen molar-refractivity contribution in [3.63, 3.8) is 0 Å². The second-order valence-electron chi connectivity index (χ2n) is 5.35. The summed E-state index contributed by atoms with van der Waals surface area (Å²) < 4.78 is 11.0. The lowest BCUT2D eigenvalue weighted by Gasteiger charge is -2.05. The Morgan fingerprint density at radius 3 is 2.63 bits per heavy atom. The molecule has 2 aromatic carbocycles. The van der Waals surface area contributed by atoms with Crippen LogP contribution in [0, 0.1) is 0 Å². The van der Waals surface area contributed by atoms with Crippen LogP contribution < -0.4 is 5.32 Å². The smallest absolute Gasteiger partial charge is 0.325 e. The molecule has 0 atom stereocenters. The number of carbonyl (C=O) groups is 2. The Morgan fingerprint density at radius 1 is 1.15 bits per heavy atom. The van der Waals surface area contributed by atoms with Gasteiger partial charge in [0.25, 0.3) is 11.8 Å².